The molecule has 6 unspecified atom stereocenters. The van der Waals surface area contributed by atoms with Crippen LogP contribution in [0.1, 0.15) is 62.4 Å². The molecule has 2 heterocycles. The molecule has 1 aromatic carbocycles. The van der Waals surface area contributed by atoms with Crippen LogP contribution in [-0.2, 0) is 25.7 Å². The average Bonchev–Trinajstić information content (AvgIpc) is 2.94. The van der Waals surface area contributed by atoms with Crippen LogP contribution in [0.4, 0.5) is 0 Å². The summed E-state index contributed by atoms with van der Waals surface area (Å²) in [5, 5.41) is 9.47. The van der Waals surface area contributed by atoms with Gasteiger partial charge in [0, 0.05) is 23.8 Å². The van der Waals surface area contributed by atoms with E-state index in [2.05, 4.69) is 19.3 Å². The SMILES string of the molecule is C[C@H]1C(OCc2ccc(C(=O)NN)cc2)OC2OC(C)(OO)CCC3C2C1CC[C@H]3C. The van der Waals surface area contributed by atoms with Crippen LogP contribution in [0.5, 0.6) is 0 Å². The van der Waals surface area contributed by atoms with Gasteiger partial charge in [-0.05, 0) is 55.2 Å². The third-order valence-corrected chi connectivity index (χ3v) is 7.61. The van der Waals surface area contributed by atoms with Crippen molar-refractivity contribution in [1.29, 1.82) is 0 Å². The summed E-state index contributed by atoms with van der Waals surface area (Å²) in [6.07, 6.45) is 2.97. The van der Waals surface area contributed by atoms with E-state index < -0.39 is 18.4 Å². The number of nitrogen functional groups attached to an aromatic ring is 1. The third kappa shape index (κ3) is 4.51. The molecule has 4 rings (SSSR count). The van der Waals surface area contributed by atoms with Gasteiger partial charge in [-0.3, -0.25) is 10.2 Å². The Bertz CT molecular complexity index is 774. The van der Waals surface area contributed by atoms with E-state index in [4.69, 9.17) is 24.9 Å². The number of nitrogens with one attached hydrogen (secondary N) is 1. The number of carbonyl (C=O) groups excluding carboxylic acids is 1. The fourth-order valence-electron chi connectivity index (χ4n) is 5.71. The predicted octanol–water partition coefficient (Wildman–Crippen LogP) is 3.42. The molecule has 1 aromatic rings. The maximum absolute atomic E-state index is 11.6. The average molecular weight is 435 g/mol. The minimum atomic E-state index is -1.07. The lowest BCUT2D eigenvalue weighted by Crippen LogP contribution is -2.54. The normalized spacial score (nSPS) is 40.0. The van der Waals surface area contributed by atoms with Crippen LogP contribution in [-0.4, -0.2) is 29.5 Å². The van der Waals surface area contributed by atoms with E-state index in [0.717, 1.165) is 18.4 Å². The van der Waals surface area contributed by atoms with E-state index >= 15 is 0 Å². The van der Waals surface area contributed by atoms with Gasteiger partial charge in [-0.2, -0.15) is 0 Å². The minimum absolute atomic E-state index is 0.224. The number of ether oxygens (including phenoxy) is 3. The van der Waals surface area contributed by atoms with E-state index in [9.17, 15) is 10.1 Å². The Morgan fingerprint density at radius 1 is 1.23 bits per heavy atom. The molecule has 1 saturated carbocycles. The Hall–Kier alpha value is -1.55. The molecule has 8 atom stereocenters. The van der Waals surface area contributed by atoms with Crippen molar-refractivity contribution in [3.8, 4) is 0 Å². The second-order valence-electron chi connectivity index (χ2n) is 9.55. The smallest absolute Gasteiger partial charge is 0.265 e. The first-order chi connectivity index (χ1) is 14.8. The Balaban J connectivity index is 1.48. The highest BCUT2D eigenvalue weighted by atomic mass is 17.1. The van der Waals surface area contributed by atoms with Gasteiger partial charge < -0.3 is 14.2 Å². The summed E-state index contributed by atoms with van der Waals surface area (Å²) in [5.41, 5.74) is 3.56. The standard InChI is InChI=1S/C23H34N2O6/c1-13-4-9-18-14(2)21(28-12-15-5-7-16(8-6-15)20(26)25-24)29-22-19(18)17(13)10-11-23(3,30-22)31-27/h5-8,13-14,17-19,21-22,27H,4,9-12,24H2,1-3H3,(H,25,26)/t13-,14-,17?,18?,19?,21?,22?,23?/m1/s1. The van der Waals surface area contributed by atoms with E-state index in [1.54, 1.807) is 19.1 Å². The fraction of sp³-hybridized carbons (Fsp3) is 0.696. The summed E-state index contributed by atoms with van der Waals surface area (Å²) in [6.45, 7) is 6.62. The number of hydrogen-bond donors (Lipinski definition) is 3. The van der Waals surface area contributed by atoms with Crippen molar-refractivity contribution in [2.24, 2.45) is 35.4 Å². The number of hydrazine groups is 1. The summed E-state index contributed by atoms with van der Waals surface area (Å²) in [5.74, 6) is 5.77. The van der Waals surface area contributed by atoms with Crippen molar-refractivity contribution in [2.45, 2.75) is 71.4 Å². The van der Waals surface area contributed by atoms with E-state index in [1.165, 1.54) is 6.42 Å². The summed E-state index contributed by atoms with van der Waals surface area (Å²) >= 11 is 0. The minimum Gasteiger partial charge on any atom is -0.348 e. The molecule has 2 aliphatic heterocycles. The molecule has 1 aliphatic carbocycles. The van der Waals surface area contributed by atoms with E-state index in [0.29, 0.717) is 36.3 Å². The first-order valence-corrected chi connectivity index (χ1v) is 11.2. The van der Waals surface area contributed by atoms with Crippen LogP contribution >= 0.6 is 0 Å². The summed E-state index contributed by atoms with van der Waals surface area (Å²) in [4.78, 5) is 16.3. The monoisotopic (exact) mass is 434 g/mol. The second-order valence-corrected chi connectivity index (χ2v) is 9.55. The predicted molar refractivity (Wildman–Crippen MR) is 112 cm³/mol. The largest absolute Gasteiger partial charge is 0.348 e. The molecule has 3 fully saturated rings. The second kappa shape index (κ2) is 9.13. The number of benzene rings is 1. The zero-order chi connectivity index (χ0) is 22.2. The van der Waals surface area contributed by atoms with E-state index in [1.807, 2.05) is 12.1 Å². The molecule has 8 nitrogen and oxygen atoms in total. The summed E-state index contributed by atoms with van der Waals surface area (Å²) in [7, 11) is 0. The molecule has 3 aliphatic rings. The lowest BCUT2D eigenvalue weighted by molar-refractivity contribution is -0.444. The first-order valence-electron chi connectivity index (χ1n) is 11.2. The number of amides is 1. The van der Waals surface area contributed by atoms with Gasteiger partial charge >= 0.3 is 0 Å². The first kappa shape index (κ1) is 22.6. The van der Waals surface area contributed by atoms with Crippen molar-refractivity contribution < 1.29 is 29.1 Å². The van der Waals surface area contributed by atoms with Gasteiger partial charge in [-0.25, -0.2) is 16.0 Å². The van der Waals surface area contributed by atoms with Gasteiger partial charge in [-0.15, -0.1) is 0 Å². The van der Waals surface area contributed by atoms with Gasteiger partial charge in [0.05, 0.1) is 6.61 Å². The molecule has 172 valence electrons. The molecule has 31 heavy (non-hydrogen) atoms. The van der Waals surface area contributed by atoms with Gasteiger partial charge in [-0.1, -0.05) is 32.4 Å². The highest BCUT2D eigenvalue weighted by Gasteiger charge is 2.54. The molecular weight excluding hydrogens is 400 g/mol. The van der Waals surface area contributed by atoms with Gasteiger partial charge in [0.25, 0.3) is 5.91 Å². The van der Waals surface area contributed by atoms with Crippen LogP contribution in [0.15, 0.2) is 24.3 Å². The maximum atomic E-state index is 11.6. The topological polar surface area (TPSA) is 112 Å². The lowest BCUT2D eigenvalue weighted by atomic mass is 9.61. The molecule has 8 heteroatoms. The zero-order valence-electron chi connectivity index (χ0n) is 18.5. The van der Waals surface area contributed by atoms with Crippen LogP contribution in [0.25, 0.3) is 0 Å². The molecule has 2 saturated heterocycles. The van der Waals surface area contributed by atoms with Crippen LogP contribution < -0.4 is 11.3 Å². The fourth-order valence-corrected chi connectivity index (χ4v) is 5.71. The Kier molecular flexibility index (Phi) is 6.67. The molecular formula is C23H34N2O6. The molecule has 1 amide bonds. The third-order valence-electron chi connectivity index (χ3n) is 7.61. The van der Waals surface area contributed by atoms with E-state index in [-0.39, 0.29) is 17.7 Å². The number of rotatable bonds is 5. The molecule has 0 bridgehead atoms. The Morgan fingerprint density at radius 2 is 1.97 bits per heavy atom. The quantitative estimate of drug-likeness (QED) is 0.282. The molecule has 0 aromatic heterocycles. The Labute approximate surface area is 183 Å². The van der Waals surface area contributed by atoms with Gasteiger partial charge in [0.2, 0.25) is 5.79 Å². The van der Waals surface area contributed by atoms with Crippen LogP contribution in [0.3, 0.4) is 0 Å². The lowest BCUT2D eigenvalue weighted by Gasteiger charge is -2.52. The van der Waals surface area contributed by atoms with Gasteiger partial charge in [0.1, 0.15) is 0 Å². The van der Waals surface area contributed by atoms with Crippen LogP contribution in [0, 0.1) is 29.6 Å². The van der Waals surface area contributed by atoms with Crippen molar-refractivity contribution >= 4 is 5.91 Å². The molecule has 4 N–H and O–H groups in total. The number of carbonyl (C=O) groups is 1. The van der Waals surface area contributed by atoms with Gasteiger partial charge in [0.15, 0.2) is 12.6 Å². The molecule has 0 radical (unpaired) electrons. The molecule has 0 spiro atoms. The highest BCUT2D eigenvalue weighted by Crippen LogP contribution is 2.53. The highest BCUT2D eigenvalue weighted by molar-refractivity contribution is 5.93. The van der Waals surface area contributed by atoms with Crippen molar-refractivity contribution in [1.82, 2.24) is 5.43 Å². The summed E-state index contributed by atoms with van der Waals surface area (Å²) in [6, 6.07) is 7.12. The maximum Gasteiger partial charge on any atom is 0.265 e. The Morgan fingerprint density at radius 3 is 2.65 bits per heavy atom. The van der Waals surface area contributed by atoms with Crippen LogP contribution in [0.2, 0.25) is 0 Å². The van der Waals surface area contributed by atoms with Crippen molar-refractivity contribution in [3.05, 3.63) is 35.4 Å². The summed E-state index contributed by atoms with van der Waals surface area (Å²) < 4.78 is 18.7. The number of hydrogen-bond acceptors (Lipinski definition) is 7. The number of nitrogens with two attached hydrogens (primary N) is 1. The van der Waals surface area contributed by atoms with Crippen molar-refractivity contribution in [3.63, 3.8) is 0 Å². The zero-order valence-corrected chi connectivity index (χ0v) is 18.5. The van der Waals surface area contributed by atoms with Crippen molar-refractivity contribution in [2.75, 3.05) is 0 Å².